The summed E-state index contributed by atoms with van der Waals surface area (Å²) in [5.41, 5.74) is 1.36. The van der Waals surface area contributed by atoms with Gasteiger partial charge in [0.05, 0.1) is 12.7 Å². The van der Waals surface area contributed by atoms with Crippen LogP contribution in [0.4, 0.5) is 13.2 Å². The van der Waals surface area contributed by atoms with Crippen LogP contribution in [0.1, 0.15) is 42.9 Å². The van der Waals surface area contributed by atoms with Gasteiger partial charge in [0.1, 0.15) is 17.2 Å². The molecule has 0 atom stereocenters. The Morgan fingerprint density at radius 2 is 1.82 bits per heavy atom. The van der Waals surface area contributed by atoms with Crippen LogP contribution in [0.15, 0.2) is 28.8 Å². The lowest BCUT2D eigenvalue weighted by atomic mass is 10.0. The first-order chi connectivity index (χ1) is 13.0. The van der Waals surface area contributed by atoms with Crippen molar-refractivity contribution in [3.8, 4) is 17.0 Å². The Balaban J connectivity index is 0.00000225. The highest BCUT2D eigenvalue weighted by Gasteiger charge is 2.35. The fourth-order valence-corrected chi connectivity index (χ4v) is 3.38. The second-order valence-corrected chi connectivity index (χ2v) is 6.95. The van der Waals surface area contributed by atoms with Crippen LogP contribution in [-0.2, 0) is 11.3 Å². The maximum Gasteiger partial charge on any atom is 0.573 e. The molecule has 1 aromatic heterocycles. The Labute approximate surface area is 167 Å². The standard InChI is InChI=1S/C19H21F3N2O3.ClH/c20-19(21,22)26-16-4-2-1-3-14(16)17-15(18(27-24-17)12-5-6-12)11-25-13-7-9-23-10-8-13;/h1-4,12-13,23H,5-11H2;1H. The molecule has 1 saturated heterocycles. The van der Waals surface area contributed by atoms with Crippen LogP contribution in [0.3, 0.4) is 0 Å². The molecule has 0 radical (unpaired) electrons. The van der Waals surface area contributed by atoms with Crippen molar-refractivity contribution < 1.29 is 27.2 Å². The van der Waals surface area contributed by atoms with Gasteiger partial charge in [-0.3, -0.25) is 0 Å². The van der Waals surface area contributed by atoms with E-state index in [9.17, 15) is 13.2 Å². The third-order valence-corrected chi connectivity index (χ3v) is 4.88. The molecule has 2 aliphatic rings. The molecule has 28 heavy (non-hydrogen) atoms. The average molecular weight is 419 g/mol. The zero-order valence-corrected chi connectivity index (χ0v) is 15.9. The second-order valence-electron chi connectivity index (χ2n) is 6.95. The largest absolute Gasteiger partial charge is 0.573 e. The summed E-state index contributed by atoms with van der Waals surface area (Å²) in [5.74, 6) is 0.707. The molecule has 5 nitrogen and oxygen atoms in total. The average Bonchev–Trinajstić information content (AvgIpc) is 3.40. The summed E-state index contributed by atoms with van der Waals surface area (Å²) in [6.45, 7) is 2.08. The van der Waals surface area contributed by atoms with Gasteiger partial charge in [-0.1, -0.05) is 17.3 Å². The SMILES string of the molecule is Cl.FC(F)(F)Oc1ccccc1-c1noc(C2CC2)c1COC1CCNCC1. The zero-order valence-electron chi connectivity index (χ0n) is 15.1. The summed E-state index contributed by atoms with van der Waals surface area (Å²) in [6, 6.07) is 5.99. The number of piperidine rings is 1. The minimum absolute atomic E-state index is 0. The van der Waals surface area contributed by atoms with Crippen molar-refractivity contribution in [2.45, 2.75) is 50.7 Å². The van der Waals surface area contributed by atoms with E-state index in [1.165, 1.54) is 12.1 Å². The van der Waals surface area contributed by atoms with Crippen LogP contribution in [0, 0.1) is 0 Å². The Bertz CT molecular complexity index is 787. The number of aromatic nitrogens is 1. The van der Waals surface area contributed by atoms with E-state index in [1.807, 2.05) is 0 Å². The molecule has 4 rings (SSSR count). The summed E-state index contributed by atoms with van der Waals surface area (Å²) in [5, 5.41) is 7.37. The number of nitrogens with one attached hydrogen (secondary N) is 1. The highest BCUT2D eigenvalue weighted by molar-refractivity contribution is 5.85. The third-order valence-electron chi connectivity index (χ3n) is 4.88. The minimum Gasteiger partial charge on any atom is -0.405 e. The van der Waals surface area contributed by atoms with Crippen LogP contribution in [0.25, 0.3) is 11.3 Å². The van der Waals surface area contributed by atoms with Crippen molar-refractivity contribution in [1.29, 1.82) is 0 Å². The number of rotatable bonds is 6. The maximum absolute atomic E-state index is 12.8. The van der Waals surface area contributed by atoms with Gasteiger partial charge in [-0.15, -0.1) is 25.6 Å². The van der Waals surface area contributed by atoms with Crippen LogP contribution >= 0.6 is 12.4 Å². The Morgan fingerprint density at radius 3 is 2.50 bits per heavy atom. The van der Waals surface area contributed by atoms with Gasteiger partial charge in [-0.2, -0.15) is 0 Å². The van der Waals surface area contributed by atoms with E-state index >= 15 is 0 Å². The molecule has 1 aliphatic heterocycles. The van der Waals surface area contributed by atoms with Gasteiger partial charge in [0.2, 0.25) is 0 Å². The van der Waals surface area contributed by atoms with Gasteiger partial charge in [-0.25, -0.2) is 0 Å². The summed E-state index contributed by atoms with van der Waals surface area (Å²) >= 11 is 0. The molecule has 2 fully saturated rings. The normalized spacial score (nSPS) is 18.0. The maximum atomic E-state index is 12.8. The lowest BCUT2D eigenvalue weighted by molar-refractivity contribution is -0.274. The van der Waals surface area contributed by atoms with Crippen molar-refractivity contribution in [2.75, 3.05) is 13.1 Å². The molecule has 1 N–H and O–H groups in total. The summed E-state index contributed by atoms with van der Waals surface area (Å²) in [7, 11) is 0. The summed E-state index contributed by atoms with van der Waals surface area (Å²) < 4.78 is 54.1. The van der Waals surface area contributed by atoms with E-state index in [0.29, 0.717) is 5.69 Å². The molecule has 1 aromatic carbocycles. The predicted molar refractivity (Wildman–Crippen MR) is 98.5 cm³/mol. The molecule has 2 aromatic rings. The van der Waals surface area contributed by atoms with Crippen LogP contribution in [0.5, 0.6) is 5.75 Å². The van der Waals surface area contributed by atoms with E-state index < -0.39 is 6.36 Å². The van der Waals surface area contributed by atoms with Crippen molar-refractivity contribution in [3.63, 3.8) is 0 Å². The fourth-order valence-electron chi connectivity index (χ4n) is 3.38. The van der Waals surface area contributed by atoms with Gasteiger partial charge in [0, 0.05) is 17.0 Å². The highest BCUT2D eigenvalue weighted by Crippen LogP contribution is 2.45. The molecule has 0 amide bonds. The fraction of sp³-hybridized carbons (Fsp3) is 0.526. The van der Waals surface area contributed by atoms with Crippen molar-refractivity contribution in [1.82, 2.24) is 10.5 Å². The van der Waals surface area contributed by atoms with E-state index in [-0.39, 0.29) is 42.3 Å². The van der Waals surface area contributed by atoms with Crippen LogP contribution in [-0.4, -0.2) is 30.7 Å². The van der Waals surface area contributed by atoms with Crippen molar-refractivity contribution in [2.24, 2.45) is 0 Å². The quantitative estimate of drug-likeness (QED) is 0.729. The highest BCUT2D eigenvalue weighted by atomic mass is 35.5. The first-order valence-electron chi connectivity index (χ1n) is 9.17. The Kier molecular flexibility index (Phi) is 6.52. The molecule has 9 heteroatoms. The second kappa shape index (κ2) is 8.71. The zero-order chi connectivity index (χ0) is 18.9. The lowest BCUT2D eigenvalue weighted by Crippen LogP contribution is -2.32. The van der Waals surface area contributed by atoms with E-state index in [4.69, 9.17) is 9.26 Å². The van der Waals surface area contributed by atoms with E-state index in [0.717, 1.165) is 50.1 Å². The van der Waals surface area contributed by atoms with Gasteiger partial charge in [0.25, 0.3) is 0 Å². The van der Waals surface area contributed by atoms with Crippen LogP contribution < -0.4 is 10.1 Å². The van der Waals surface area contributed by atoms with Crippen molar-refractivity contribution in [3.05, 3.63) is 35.6 Å². The molecule has 154 valence electrons. The van der Waals surface area contributed by atoms with Crippen LogP contribution in [0.2, 0.25) is 0 Å². The van der Waals surface area contributed by atoms with Gasteiger partial charge >= 0.3 is 6.36 Å². The monoisotopic (exact) mass is 418 g/mol. The number of ether oxygens (including phenoxy) is 2. The third kappa shape index (κ3) is 4.98. The molecule has 0 unspecified atom stereocenters. The molecular weight excluding hydrogens is 397 g/mol. The van der Waals surface area contributed by atoms with Crippen molar-refractivity contribution >= 4 is 12.4 Å². The minimum atomic E-state index is -4.77. The number of hydrogen-bond acceptors (Lipinski definition) is 5. The smallest absolute Gasteiger partial charge is 0.405 e. The predicted octanol–water partition coefficient (Wildman–Crippen LogP) is 4.81. The summed E-state index contributed by atoms with van der Waals surface area (Å²) in [4.78, 5) is 0. The number of nitrogens with zero attached hydrogens (tertiary/aromatic N) is 1. The topological polar surface area (TPSA) is 56.5 Å². The number of hydrogen-bond donors (Lipinski definition) is 1. The van der Waals surface area contributed by atoms with E-state index in [1.54, 1.807) is 12.1 Å². The lowest BCUT2D eigenvalue weighted by Gasteiger charge is -2.23. The number of halogens is 4. The molecule has 2 heterocycles. The molecule has 1 saturated carbocycles. The number of alkyl halides is 3. The number of para-hydroxylation sites is 1. The van der Waals surface area contributed by atoms with E-state index in [2.05, 4.69) is 15.2 Å². The van der Waals surface area contributed by atoms with Gasteiger partial charge in [-0.05, 0) is 50.9 Å². The first-order valence-corrected chi connectivity index (χ1v) is 9.17. The van der Waals surface area contributed by atoms with Gasteiger partial charge in [0.15, 0.2) is 0 Å². The Hall–Kier alpha value is -1.77. The molecule has 0 bridgehead atoms. The van der Waals surface area contributed by atoms with Gasteiger partial charge < -0.3 is 19.3 Å². The Morgan fingerprint density at radius 1 is 1.11 bits per heavy atom. The molecule has 1 aliphatic carbocycles. The molecular formula is C19H22ClF3N2O3. The number of benzene rings is 1. The first kappa shape index (κ1) is 21.0. The summed E-state index contributed by atoms with van der Waals surface area (Å²) in [6.07, 6.45) is -0.834. The molecule has 0 spiro atoms.